The third kappa shape index (κ3) is 3.52. The predicted molar refractivity (Wildman–Crippen MR) is 110 cm³/mol. The summed E-state index contributed by atoms with van der Waals surface area (Å²) in [5.41, 5.74) is 3.74. The van der Waals surface area contributed by atoms with E-state index in [0.29, 0.717) is 23.3 Å². The zero-order valence-corrected chi connectivity index (χ0v) is 17.1. The fourth-order valence-corrected chi connectivity index (χ4v) is 4.75. The molecule has 1 aromatic rings. The fraction of sp³-hybridized carbons (Fsp3) is 0.478. The highest BCUT2D eigenvalue weighted by Gasteiger charge is 2.40. The van der Waals surface area contributed by atoms with Crippen LogP contribution in [-0.4, -0.2) is 41.9 Å². The Morgan fingerprint density at radius 1 is 1.17 bits per heavy atom. The van der Waals surface area contributed by atoms with Crippen LogP contribution in [0.3, 0.4) is 0 Å². The summed E-state index contributed by atoms with van der Waals surface area (Å²) >= 11 is 0. The molecule has 0 unspecified atom stereocenters. The van der Waals surface area contributed by atoms with E-state index in [1.165, 1.54) is 7.11 Å². The van der Waals surface area contributed by atoms with Crippen LogP contribution in [0.5, 0.6) is 11.5 Å². The first-order valence-electron chi connectivity index (χ1n) is 10.4. The molecule has 154 valence electrons. The van der Waals surface area contributed by atoms with Crippen LogP contribution in [-0.2, 0) is 9.59 Å². The monoisotopic (exact) mass is 396 g/mol. The number of benzene rings is 1. The Morgan fingerprint density at radius 2 is 1.93 bits per heavy atom. The molecule has 29 heavy (non-hydrogen) atoms. The van der Waals surface area contributed by atoms with Crippen LogP contribution in [0.25, 0.3) is 0 Å². The Morgan fingerprint density at radius 3 is 2.62 bits per heavy atom. The van der Waals surface area contributed by atoms with E-state index in [1.807, 2.05) is 17.9 Å². The second-order valence-electron chi connectivity index (χ2n) is 8.05. The van der Waals surface area contributed by atoms with E-state index in [0.717, 1.165) is 62.2 Å². The van der Waals surface area contributed by atoms with Crippen LogP contribution < -0.4 is 10.1 Å². The minimum absolute atomic E-state index is 0.0105. The summed E-state index contributed by atoms with van der Waals surface area (Å²) in [5, 5.41) is 13.7. The van der Waals surface area contributed by atoms with E-state index in [1.54, 1.807) is 12.1 Å². The maximum Gasteiger partial charge on any atom is 0.252 e. The molecule has 1 aliphatic carbocycles. The van der Waals surface area contributed by atoms with Crippen molar-refractivity contribution in [3.8, 4) is 11.5 Å². The number of ketones is 1. The largest absolute Gasteiger partial charge is 0.504 e. The van der Waals surface area contributed by atoms with Crippen molar-refractivity contribution in [2.45, 2.75) is 51.4 Å². The van der Waals surface area contributed by atoms with Gasteiger partial charge in [0.25, 0.3) is 5.91 Å². The molecule has 6 nitrogen and oxygen atoms in total. The molecule has 0 bridgehead atoms. The molecule has 0 aromatic heterocycles. The molecule has 6 heteroatoms. The molecule has 2 N–H and O–H groups in total. The molecule has 1 amide bonds. The normalized spacial score (nSPS) is 22.3. The number of methoxy groups -OCH3 is 1. The number of carbonyl (C=O) groups is 2. The minimum Gasteiger partial charge on any atom is -0.504 e. The summed E-state index contributed by atoms with van der Waals surface area (Å²) in [4.78, 5) is 28.4. The summed E-state index contributed by atoms with van der Waals surface area (Å²) in [5.74, 6) is -0.0199. The number of piperidine rings is 1. The van der Waals surface area contributed by atoms with Gasteiger partial charge < -0.3 is 20.1 Å². The molecule has 3 aliphatic rings. The third-order valence-corrected chi connectivity index (χ3v) is 6.19. The number of dihydropyridines is 1. The van der Waals surface area contributed by atoms with Crippen molar-refractivity contribution in [3.63, 3.8) is 0 Å². The maximum absolute atomic E-state index is 13.5. The van der Waals surface area contributed by atoms with Gasteiger partial charge in [-0.1, -0.05) is 6.07 Å². The lowest BCUT2D eigenvalue weighted by Gasteiger charge is -2.37. The number of nitrogens with zero attached hydrogens (tertiary/aromatic N) is 1. The number of phenolic OH excluding ortho intramolecular Hbond substituents is 1. The fourth-order valence-electron chi connectivity index (χ4n) is 4.75. The Labute approximate surface area is 171 Å². The van der Waals surface area contributed by atoms with Crippen LogP contribution in [0.1, 0.15) is 56.9 Å². The Kier molecular flexibility index (Phi) is 5.35. The van der Waals surface area contributed by atoms with E-state index in [2.05, 4.69) is 5.32 Å². The minimum atomic E-state index is -0.467. The first kappa shape index (κ1) is 19.6. The van der Waals surface area contributed by atoms with Gasteiger partial charge in [0, 0.05) is 48.0 Å². The molecule has 0 saturated carbocycles. The number of allylic oxidation sites excluding steroid dienone is 3. The molecule has 1 atom stereocenters. The quantitative estimate of drug-likeness (QED) is 0.819. The van der Waals surface area contributed by atoms with Gasteiger partial charge in [-0.05, 0) is 56.7 Å². The first-order valence-corrected chi connectivity index (χ1v) is 10.4. The SMILES string of the molecule is COc1ccc([C@@H]2C(C(=O)N3CCCCC3)=C(C)NC3=C2C(=O)CCC3)cc1O. The number of aromatic hydroxyl groups is 1. The van der Waals surface area contributed by atoms with Gasteiger partial charge in [0.2, 0.25) is 0 Å². The van der Waals surface area contributed by atoms with Gasteiger partial charge in [0.1, 0.15) is 0 Å². The number of phenols is 1. The van der Waals surface area contributed by atoms with Crippen LogP contribution >= 0.6 is 0 Å². The number of ether oxygens (including phenoxy) is 1. The number of hydrogen-bond donors (Lipinski definition) is 2. The summed E-state index contributed by atoms with van der Waals surface area (Å²) < 4.78 is 5.18. The zero-order valence-electron chi connectivity index (χ0n) is 17.1. The van der Waals surface area contributed by atoms with Crippen molar-refractivity contribution in [3.05, 3.63) is 46.3 Å². The highest BCUT2D eigenvalue weighted by atomic mass is 16.5. The lowest BCUT2D eigenvalue weighted by molar-refractivity contribution is -0.128. The van der Waals surface area contributed by atoms with Gasteiger partial charge in [-0.25, -0.2) is 0 Å². The summed E-state index contributed by atoms with van der Waals surface area (Å²) in [7, 11) is 1.50. The number of nitrogens with one attached hydrogen (secondary N) is 1. The second kappa shape index (κ2) is 7.93. The molecule has 4 rings (SSSR count). The topological polar surface area (TPSA) is 78.9 Å². The van der Waals surface area contributed by atoms with Crippen LogP contribution in [0.15, 0.2) is 40.7 Å². The van der Waals surface area contributed by atoms with Crippen LogP contribution in [0, 0.1) is 0 Å². The van der Waals surface area contributed by atoms with Crippen LogP contribution in [0.4, 0.5) is 0 Å². The van der Waals surface area contributed by atoms with E-state index < -0.39 is 5.92 Å². The third-order valence-electron chi connectivity index (χ3n) is 6.19. The highest BCUT2D eigenvalue weighted by molar-refractivity contribution is 6.05. The maximum atomic E-state index is 13.5. The van der Waals surface area contributed by atoms with Crippen molar-refractivity contribution < 1.29 is 19.4 Å². The molecular formula is C23H28N2O4. The number of carbonyl (C=O) groups excluding carboxylic acids is 2. The zero-order chi connectivity index (χ0) is 20.5. The van der Waals surface area contributed by atoms with Crippen LogP contribution in [0.2, 0.25) is 0 Å². The van der Waals surface area contributed by atoms with Crippen molar-refractivity contribution >= 4 is 11.7 Å². The molecule has 1 saturated heterocycles. The molecule has 2 aliphatic heterocycles. The number of rotatable bonds is 3. The van der Waals surface area contributed by atoms with E-state index in [-0.39, 0.29) is 17.4 Å². The van der Waals surface area contributed by atoms with Gasteiger partial charge in [-0.2, -0.15) is 0 Å². The van der Waals surface area contributed by atoms with Crippen molar-refractivity contribution in [1.29, 1.82) is 0 Å². The lowest BCUT2D eigenvalue weighted by Crippen LogP contribution is -2.42. The lowest BCUT2D eigenvalue weighted by atomic mass is 9.74. The summed E-state index contributed by atoms with van der Waals surface area (Å²) in [6, 6.07) is 5.16. The Balaban J connectivity index is 1.82. The average molecular weight is 396 g/mol. The highest BCUT2D eigenvalue weighted by Crippen LogP contribution is 2.44. The van der Waals surface area contributed by atoms with Gasteiger partial charge in [0.05, 0.1) is 7.11 Å². The number of amides is 1. The number of Topliss-reactive ketones (excluding diaryl/α,β-unsaturated/α-hetero) is 1. The van der Waals surface area contributed by atoms with E-state index in [4.69, 9.17) is 4.74 Å². The summed E-state index contributed by atoms with van der Waals surface area (Å²) in [6.45, 7) is 3.41. The van der Waals surface area contributed by atoms with E-state index >= 15 is 0 Å². The smallest absolute Gasteiger partial charge is 0.252 e. The molecule has 1 aromatic carbocycles. The average Bonchev–Trinajstić information content (AvgIpc) is 2.73. The molecule has 0 radical (unpaired) electrons. The number of likely N-dealkylation sites (tertiary alicyclic amines) is 1. The number of hydrogen-bond acceptors (Lipinski definition) is 5. The Bertz CT molecular complexity index is 909. The predicted octanol–water partition coefficient (Wildman–Crippen LogP) is 3.38. The first-order chi connectivity index (χ1) is 14.0. The standard InChI is InChI=1S/C23H28N2O4/c1-14-20(23(28)25-11-4-3-5-12-25)21(15-9-10-19(29-2)18(27)13-15)22-16(24-14)7-6-8-17(22)26/h9-10,13,21,24,27H,3-8,11-12H2,1-2H3/t21-/m1/s1. The molecule has 2 heterocycles. The van der Waals surface area contributed by atoms with Crippen molar-refractivity contribution in [2.75, 3.05) is 20.2 Å². The van der Waals surface area contributed by atoms with Crippen molar-refractivity contribution in [1.82, 2.24) is 10.2 Å². The summed E-state index contributed by atoms with van der Waals surface area (Å²) in [6.07, 6.45) is 5.25. The van der Waals surface area contributed by atoms with Gasteiger partial charge >= 0.3 is 0 Å². The second-order valence-corrected chi connectivity index (χ2v) is 8.05. The van der Waals surface area contributed by atoms with Gasteiger partial charge in [-0.3, -0.25) is 9.59 Å². The van der Waals surface area contributed by atoms with Gasteiger partial charge in [0.15, 0.2) is 17.3 Å². The Hall–Kier alpha value is -2.76. The van der Waals surface area contributed by atoms with E-state index in [9.17, 15) is 14.7 Å². The molecule has 1 fully saturated rings. The van der Waals surface area contributed by atoms with Gasteiger partial charge in [-0.15, -0.1) is 0 Å². The molecular weight excluding hydrogens is 368 g/mol. The van der Waals surface area contributed by atoms with Crippen molar-refractivity contribution in [2.24, 2.45) is 0 Å². The molecule has 0 spiro atoms.